The third-order valence-electron chi connectivity index (χ3n) is 3.42. The van der Waals surface area contributed by atoms with E-state index in [-0.39, 0.29) is 15.9 Å². The molecule has 0 atom stereocenters. The smallest absolute Gasteiger partial charge is 0.417 e. The molecule has 0 unspecified atom stereocenters. The van der Waals surface area contributed by atoms with Crippen LogP contribution in [-0.2, 0) is 10.9 Å². The van der Waals surface area contributed by atoms with Crippen LogP contribution in [0.15, 0.2) is 40.9 Å². The van der Waals surface area contributed by atoms with Crippen LogP contribution in [-0.4, -0.2) is 23.0 Å². The molecular weight excluding hydrogens is 403 g/mol. The molecule has 1 aromatic heterocycles. The molecule has 1 heterocycles. The van der Waals surface area contributed by atoms with Gasteiger partial charge in [-0.05, 0) is 30.3 Å². The highest BCUT2D eigenvalue weighted by atomic mass is 79.9. The number of carbonyl (C=O) groups is 1. The largest absolute Gasteiger partial charge is 0.465 e. The minimum Gasteiger partial charge on any atom is -0.465 e. The van der Waals surface area contributed by atoms with Gasteiger partial charge < -0.3 is 15.0 Å². The second-order valence-corrected chi connectivity index (χ2v) is 5.98. The Labute approximate surface area is 148 Å². The number of aromatic amines is 1. The number of aromatic nitrogens is 2. The molecule has 0 amide bonds. The first-order valence-electron chi connectivity index (χ1n) is 7.00. The molecule has 0 saturated carbocycles. The second kappa shape index (κ2) is 6.40. The minimum absolute atomic E-state index is 0.0850. The second-order valence-electron chi connectivity index (χ2n) is 5.13. The molecule has 3 aromatic rings. The standard InChI is InChI=1S/C16H11BrF3N3O2/c1-25-14(24)8-3-2-4-9(5-8)21-15-22-12-6-10(16(18,19)20)11(17)7-13(12)23-15/h2-7H,1H3,(H2,21,22,23). The first-order valence-corrected chi connectivity index (χ1v) is 7.79. The van der Waals surface area contributed by atoms with E-state index >= 15 is 0 Å². The van der Waals surface area contributed by atoms with Gasteiger partial charge in [-0.2, -0.15) is 13.2 Å². The Morgan fingerprint density at radius 2 is 2.04 bits per heavy atom. The highest BCUT2D eigenvalue weighted by Crippen LogP contribution is 2.37. The number of esters is 1. The molecule has 0 bridgehead atoms. The molecule has 0 aliphatic rings. The molecule has 130 valence electrons. The number of anilines is 2. The number of benzene rings is 2. The summed E-state index contributed by atoms with van der Waals surface area (Å²) in [5.74, 6) is -0.241. The van der Waals surface area contributed by atoms with Crippen molar-refractivity contribution < 1.29 is 22.7 Å². The Morgan fingerprint density at radius 3 is 2.72 bits per heavy atom. The van der Waals surface area contributed by atoms with Crippen LogP contribution in [0.25, 0.3) is 11.0 Å². The van der Waals surface area contributed by atoms with Crippen molar-refractivity contribution in [2.75, 3.05) is 12.4 Å². The van der Waals surface area contributed by atoms with E-state index in [0.29, 0.717) is 16.8 Å². The van der Waals surface area contributed by atoms with E-state index in [0.717, 1.165) is 6.07 Å². The summed E-state index contributed by atoms with van der Waals surface area (Å²) >= 11 is 2.92. The Hall–Kier alpha value is -2.55. The Kier molecular flexibility index (Phi) is 4.42. The van der Waals surface area contributed by atoms with Gasteiger partial charge >= 0.3 is 12.1 Å². The molecule has 2 N–H and O–H groups in total. The molecule has 0 aliphatic heterocycles. The van der Waals surface area contributed by atoms with E-state index in [1.54, 1.807) is 24.3 Å². The number of ether oxygens (including phenoxy) is 1. The van der Waals surface area contributed by atoms with Gasteiger partial charge in [0.25, 0.3) is 0 Å². The number of H-pyrrole nitrogens is 1. The van der Waals surface area contributed by atoms with Gasteiger partial charge in [0.05, 0.1) is 29.3 Å². The number of nitrogens with zero attached hydrogens (tertiary/aromatic N) is 1. The SMILES string of the molecule is COC(=O)c1cccc(Nc2nc3cc(Br)c(C(F)(F)F)cc3[nH]2)c1. The van der Waals surface area contributed by atoms with Crippen molar-refractivity contribution in [1.82, 2.24) is 9.97 Å². The number of halogens is 4. The van der Waals surface area contributed by atoms with Crippen molar-refractivity contribution in [3.8, 4) is 0 Å². The monoisotopic (exact) mass is 413 g/mol. The van der Waals surface area contributed by atoms with E-state index in [1.807, 2.05) is 0 Å². The number of methoxy groups -OCH3 is 1. The van der Waals surface area contributed by atoms with Crippen LogP contribution in [0, 0.1) is 0 Å². The lowest BCUT2D eigenvalue weighted by Gasteiger charge is -2.08. The van der Waals surface area contributed by atoms with Crippen molar-refractivity contribution in [2.45, 2.75) is 6.18 Å². The molecule has 3 rings (SSSR count). The average molecular weight is 414 g/mol. The number of hydrogen-bond acceptors (Lipinski definition) is 4. The van der Waals surface area contributed by atoms with Crippen molar-refractivity contribution in [1.29, 1.82) is 0 Å². The van der Waals surface area contributed by atoms with Crippen molar-refractivity contribution in [3.05, 3.63) is 52.0 Å². The summed E-state index contributed by atoms with van der Waals surface area (Å²) in [6, 6.07) is 8.76. The van der Waals surface area contributed by atoms with Gasteiger partial charge in [0.1, 0.15) is 0 Å². The van der Waals surface area contributed by atoms with E-state index in [1.165, 1.54) is 13.2 Å². The third kappa shape index (κ3) is 3.60. The maximum Gasteiger partial charge on any atom is 0.417 e. The maximum atomic E-state index is 13.0. The molecule has 0 saturated heterocycles. The lowest BCUT2D eigenvalue weighted by atomic mass is 10.2. The van der Waals surface area contributed by atoms with Crippen LogP contribution in [0.3, 0.4) is 0 Å². The number of fused-ring (bicyclic) bond motifs is 1. The van der Waals surface area contributed by atoms with E-state index < -0.39 is 17.7 Å². The van der Waals surface area contributed by atoms with Crippen LogP contribution in [0.5, 0.6) is 0 Å². The summed E-state index contributed by atoms with van der Waals surface area (Å²) in [6.45, 7) is 0. The van der Waals surface area contributed by atoms with Gasteiger partial charge in [0, 0.05) is 10.2 Å². The van der Waals surface area contributed by atoms with Gasteiger partial charge in [0.15, 0.2) is 0 Å². The summed E-state index contributed by atoms with van der Waals surface area (Å²) in [4.78, 5) is 18.5. The van der Waals surface area contributed by atoms with Gasteiger partial charge in [-0.15, -0.1) is 0 Å². The van der Waals surface area contributed by atoms with E-state index in [2.05, 4.69) is 36.0 Å². The molecule has 2 aromatic carbocycles. The van der Waals surface area contributed by atoms with E-state index in [9.17, 15) is 18.0 Å². The number of rotatable bonds is 3. The highest BCUT2D eigenvalue weighted by molar-refractivity contribution is 9.10. The molecule has 5 nitrogen and oxygen atoms in total. The number of imidazole rings is 1. The molecule has 0 fully saturated rings. The number of alkyl halides is 3. The van der Waals surface area contributed by atoms with Crippen LogP contribution in [0.1, 0.15) is 15.9 Å². The predicted octanol–water partition coefficient (Wildman–Crippen LogP) is 4.87. The van der Waals surface area contributed by atoms with Crippen LogP contribution in [0.2, 0.25) is 0 Å². The summed E-state index contributed by atoms with van der Waals surface area (Å²) in [7, 11) is 1.28. The van der Waals surface area contributed by atoms with Gasteiger partial charge in [0.2, 0.25) is 5.95 Å². The summed E-state index contributed by atoms with van der Waals surface area (Å²) in [6.07, 6.45) is -4.47. The zero-order valence-electron chi connectivity index (χ0n) is 12.7. The summed E-state index contributed by atoms with van der Waals surface area (Å²) < 4.78 is 43.4. The molecule has 0 radical (unpaired) electrons. The fourth-order valence-corrected chi connectivity index (χ4v) is 2.84. The molecule has 0 aliphatic carbocycles. The summed E-state index contributed by atoms with van der Waals surface area (Å²) in [5.41, 5.74) is 0.694. The molecular formula is C16H11BrF3N3O2. The Morgan fingerprint density at radius 1 is 1.28 bits per heavy atom. The lowest BCUT2D eigenvalue weighted by Crippen LogP contribution is -2.05. The average Bonchev–Trinajstić information content (AvgIpc) is 2.93. The Bertz CT molecular complexity index is 953. The molecule has 0 spiro atoms. The molecule has 25 heavy (non-hydrogen) atoms. The van der Waals surface area contributed by atoms with Crippen molar-refractivity contribution in [2.24, 2.45) is 0 Å². The summed E-state index contributed by atoms with van der Waals surface area (Å²) in [5, 5.41) is 2.92. The van der Waals surface area contributed by atoms with Gasteiger partial charge in [-0.25, -0.2) is 9.78 Å². The van der Waals surface area contributed by atoms with Crippen LogP contribution < -0.4 is 5.32 Å². The van der Waals surface area contributed by atoms with E-state index in [4.69, 9.17) is 0 Å². The van der Waals surface area contributed by atoms with Crippen LogP contribution >= 0.6 is 15.9 Å². The first kappa shape index (κ1) is 17.3. The zero-order chi connectivity index (χ0) is 18.2. The number of carbonyl (C=O) groups excluding carboxylic acids is 1. The zero-order valence-corrected chi connectivity index (χ0v) is 14.3. The molecule has 9 heteroatoms. The predicted molar refractivity (Wildman–Crippen MR) is 89.9 cm³/mol. The van der Waals surface area contributed by atoms with Gasteiger partial charge in [-0.1, -0.05) is 22.0 Å². The first-order chi connectivity index (χ1) is 11.8. The normalized spacial score (nSPS) is 11.6. The lowest BCUT2D eigenvalue weighted by molar-refractivity contribution is -0.138. The van der Waals surface area contributed by atoms with Crippen LogP contribution in [0.4, 0.5) is 24.8 Å². The van der Waals surface area contributed by atoms with Crippen molar-refractivity contribution in [3.63, 3.8) is 0 Å². The number of hydrogen-bond donors (Lipinski definition) is 2. The Balaban J connectivity index is 1.94. The fourth-order valence-electron chi connectivity index (χ4n) is 2.29. The van der Waals surface area contributed by atoms with Crippen molar-refractivity contribution >= 4 is 44.6 Å². The van der Waals surface area contributed by atoms with Gasteiger partial charge in [-0.3, -0.25) is 0 Å². The quantitative estimate of drug-likeness (QED) is 0.600. The highest BCUT2D eigenvalue weighted by Gasteiger charge is 2.33. The topological polar surface area (TPSA) is 67.0 Å². The number of nitrogens with one attached hydrogen (secondary N) is 2. The fraction of sp³-hybridized carbons (Fsp3) is 0.125. The maximum absolute atomic E-state index is 13.0. The minimum atomic E-state index is -4.47. The third-order valence-corrected chi connectivity index (χ3v) is 4.08.